The van der Waals surface area contributed by atoms with Gasteiger partial charge in [-0.25, -0.2) is 4.79 Å². The molecule has 1 aromatic carbocycles. The molecule has 5 nitrogen and oxygen atoms in total. The summed E-state index contributed by atoms with van der Waals surface area (Å²) in [6, 6.07) is 7.99. The second-order valence-electron chi connectivity index (χ2n) is 5.52. The molecule has 0 heterocycles. The van der Waals surface area contributed by atoms with E-state index >= 15 is 0 Å². The Morgan fingerprint density at radius 2 is 1.95 bits per heavy atom. The van der Waals surface area contributed by atoms with E-state index < -0.39 is 5.97 Å². The van der Waals surface area contributed by atoms with Crippen LogP contribution in [-0.2, 0) is 10.2 Å². The molecule has 0 unspecified atom stereocenters. The summed E-state index contributed by atoms with van der Waals surface area (Å²) in [7, 11) is 1.75. The quantitative estimate of drug-likeness (QED) is 0.824. The van der Waals surface area contributed by atoms with Crippen LogP contribution in [0, 0.1) is 0 Å². The van der Waals surface area contributed by atoms with Gasteiger partial charge in [0.2, 0.25) is 0 Å². The Balaban J connectivity index is 1.89. The molecule has 0 atom stereocenters. The summed E-state index contributed by atoms with van der Waals surface area (Å²) in [6.07, 6.45) is 2.08. The minimum absolute atomic E-state index is 0.0551. The van der Waals surface area contributed by atoms with E-state index in [2.05, 4.69) is 33.4 Å². The van der Waals surface area contributed by atoms with Crippen LogP contribution >= 0.6 is 15.9 Å². The second kappa shape index (κ2) is 6.47. The standard InChI is InChI=1S/C15H19BrN2O3/c1-18(14(21)17-9-6-13(19)20)10-15(7-8-15)11-2-4-12(16)5-3-11/h2-5H,6-10H2,1H3,(H,17,21)(H,19,20). The van der Waals surface area contributed by atoms with E-state index in [0.717, 1.165) is 17.3 Å². The first-order valence-electron chi connectivity index (χ1n) is 6.90. The van der Waals surface area contributed by atoms with Crippen molar-refractivity contribution in [2.75, 3.05) is 20.1 Å². The highest BCUT2D eigenvalue weighted by Gasteiger charge is 2.45. The molecule has 2 amide bonds. The molecule has 0 aromatic heterocycles. The molecule has 2 rings (SSSR count). The largest absolute Gasteiger partial charge is 0.481 e. The number of benzene rings is 1. The number of nitrogens with one attached hydrogen (secondary N) is 1. The molecule has 21 heavy (non-hydrogen) atoms. The van der Waals surface area contributed by atoms with Gasteiger partial charge in [-0.1, -0.05) is 28.1 Å². The normalized spacial score (nSPS) is 15.3. The van der Waals surface area contributed by atoms with Gasteiger partial charge in [-0.3, -0.25) is 4.79 Å². The van der Waals surface area contributed by atoms with Crippen LogP contribution in [0.25, 0.3) is 0 Å². The number of likely N-dealkylation sites (N-methyl/N-ethyl adjacent to an activating group) is 1. The SMILES string of the molecule is CN(CC1(c2ccc(Br)cc2)CC1)C(=O)NCCC(=O)O. The van der Waals surface area contributed by atoms with Gasteiger partial charge in [0.15, 0.2) is 0 Å². The molecular formula is C15H19BrN2O3. The predicted octanol–water partition coefficient (Wildman–Crippen LogP) is 2.60. The van der Waals surface area contributed by atoms with Crippen LogP contribution in [0.15, 0.2) is 28.7 Å². The molecule has 0 aliphatic heterocycles. The summed E-state index contributed by atoms with van der Waals surface area (Å²) in [5.41, 5.74) is 1.30. The number of hydrogen-bond donors (Lipinski definition) is 2. The number of amides is 2. The monoisotopic (exact) mass is 354 g/mol. The third-order valence-electron chi connectivity index (χ3n) is 3.81. The highest BCUT2D eigenvalue weighted by atomic mass is 79.9. The van der Waals surface area contributed by atoms with Crippen molar-refractivity contribution in [3.05, 3.63) is 34.3 Å². The van der Waals surface area contributed by atoms with Gasteiger partial charge in [0.25, 0.3) is 0 Å². The Morgan fingerprint density at radius 3 is 2.48 bits per heavy atom. The number of carboxylic acid groups (broad SMARTS) is 1. The molecule has 0 spiro atoms. The fourth-order valence-corrected chi connectivity index (χ4v) is 2.69. The average Bonchev–Trinajstić information content (AvgIpc) is 3.19. The van der Waals surface area contributed by atoms with Crippen LogP contribution in [0.5, 0.6) is 0 Å². The summed E-state index contributed by atoms with van der Waals surface area (Å²) in [5, 5.41) is 11.2. The third kappa shape index (κ3) is 4.20. The lowest BCUT2D eigenvalue weighted by Crippen LogP contribution is -2.42. The van der Waals surface area contributed by atoms with E-state index in [1.807, 2.05) is 12.1 Å². The molecule has 1 aliphatic carbocycles. The van der Waals surface area contributed by atoms with Crippen molar-refractivity contribution in [2.45, 2.75) is 24.7 Å². The van der Waals surface area contributed by atoms with Gasteiger partial charge in [0.1, 0.15) is 0 Å². The smallest absolute Gasteiger partial charge is 0.317 e. The van der Waals surface area contributed by atoms with Crippen LogP contribution in [0.3, 0.4) is 0 Å². The number of rotatable bonds is 6. The first kappa shape index (κ1) is 15.8. The zero-order valence-corrected chi connectivity index (χ0v) is 13.5. The Morgan fingerprint density at radius 1 is 1.33 bits per heavy atom. The lowest BCUT2D eigenvalue weighted by molar-refractivity contribution is -0.136. The maximum atomic E-state index is 11.9. The zero-order valence-electron chi connectivity index (χ0n) is 11.9. The lowest BCUT2D eigenvalue weighted by Gasteiger charge is -2.24. The minimum atomic E-state index is -0.911. The van der Waals surface area contributed by atoms with Crippen molar-refractivity contribution < 1.29 is 14.7 Å². The van der Waals surface area contributed by atoms with Crippen LogP contribution < -0.4 is 5.32 Å². The molecule has 0 bridgehead atoms. The van der Waals surface area contributed by atoms with Gasteiger partial charge in [-0.15, -0.1) is 0 Å². The topological polar surface area (TPSA) is 69.6 Å². The van der Waals surface area contributed by atoms with Gasteiger partial charge >= 0.3 is 12.0 Å². The Hall–Kier alpha value is -1.56. The maximum Gasteiger partial charge on any atom is 0.317 e. The molecule has 0 saturated heterocycles. The number of nitrogens with zero attached hydrogens (tertiary/aromatic N) is 1. The fraction of sp³-hybridized carbons (Fsp3) is 0.467. The molecule has 1 fully saturated rings. The first-order chi connectivity index (χ1) is 9.93. The van der Waals surface area contributed by atoms with Crippen LogP contribution in [-0.4, -0.2) is 42.1 Å². The summed E-state index contributed by atoms with van der Waals surface area (Å²) in [4.78, 5) is 24.0. The van der Waals surface area contributed by atoms with E-state index in [-0.39, 0.29) is 24.4 Å². The number of carbonyl (C=O) groups excluding carboxylic acids is 1. The summed E-state index contributed by atoms with van der Waals surface area (Å²) >= 11 is 3.42. The fourth-order valence-electron chi connectivity index (χ4n) is 2.43. The van der Waals surface area contributed by atoms with Crippen LogP contribution in [0.1, 0.15) is 24.8 Å². The van der Waals surface area contributed by atoms with E-state index in [9.17, 15) is 9.59 Å². The van der Waals surface area contributed by atoms with Gasteiger partial charge in [-0.2, -0.15) is 0 Å². The Kier molecular flexibility index (Phi) is 4.88. The third-order valence-corrected chi connectivity index (χ3v) is 4.34. The minimum Gasteiger partial charge on any atom is -0.481 e. The number of carbonyl (C=O) groups is 2. The number of urea groups is 1. The molecule has 2 N–H and O–H groups in total. The van der Waals surface area contributed by atoms with Gasteiger partial charge in [0.05, 0.1) is 6.42 Å². The number of halogens is 1. The molecule has 114 valence electrons. The van der Waals surface area contributed by atoms with Crippen molar-refractivity contribution >= 4 is 27.9 Å². The molecule has 0 radical (unpaired) electrons. The summed E-state index contributed by atoms with van der Waals surface area (Å²) in [6.45, 7) is 0.803. The van der Waals surface area contributed by atoms with Gasteiger partial charge in [-0.05, 0) is 30.5 Å². The Bertz CT molecular complexity index is 526. The highest BCUT2D eigenvalue weighted by molar-refractivity contribution is 9.10. The van der Waals surface area contributed by atoms with Crippen molar-refractivity contribution in [3.63, 3.8) is 0 Å². The van der Waals surface area contributed by atoms with Gasteiger partial charge < -0.3 is 15.3 Å². The number of aliphatic carboxylic acids is 1. The van der Waals surface area contributed by atoms with Crippen molar-refractivity contribution in [2.24, 2.45) is 0 Å². The number of hydrogen-bond acceptors (Lipinski definition) is 2. The summed E-state index contributed by atoms with van der Waals surface area (Å²) < 4.78 is 1.04. The zero-order chi connectivity index (χ0) is 15.5. The second-order valence-corrected chi connectivity index (χ2v) is 6.43. The summed E-state index contributed by atoms with van der Waals surface area (Å²) in [5.74, 6) is -0.911. The highest BCUT2D eigenvalue weighted by Crippen LogP contribution is 2.48. The van der Waals surface area contributed by atoms with Crippen LogP contribution in [0.4, 0.5) is 4.79 Å². The lowest BCUT2D eigenvalue weighted by atomic mass is 9.95. The van der Waals surface area contributed by atoms with Crippen LogP contribution in [0.2, 0.25) is 0 Å². The van der Waals surface area contributed by atoms with E-state index in [1.54, 1.807) is 11.9 Å². The van der Waals surface area contributed by atoms with Gasteiger partial charge in [0, 0.05) is 30.0 Å². The molecule has 1 aromatic rings. The average molecular weight is 355 g/mol. The molecule has 1 aliphatic rings. The Labute approximate surface area is 132 Å². The van der Waals surface area contributed by atoms with Crippen molar-refractivity contribution in [1.82, 2.24) is 10.2 Å². The maximum absolute atomic E-state index is 11.9. The van der Waals surface area contributed by atoms with E-state index in [4.69, 9.17) is 5.11 Å². The number of carboxylic acids is 1. The molecule has 6 heteroatoms. The van der Waals surface area contributed by atoms with Crippen molar-refractivity contribution in [3.8, 4) is 0 Å². The first-order valence-corrected chi connectivity index (χ1v) is 7.69. The molecular weight excluding hydrogens is 336 g/mol. The molecule has 1 saturated carbocycles. The van der Waals surface area contributed by atoms with E-state index in [1.165, 1.54) is 5.56 Å². The van der Waals surface area contributed by atoms with E-state index in [0.29, 0.717) is 6.54 Å². The predicted molar refractivity (Wildman–Crippen MR) is 83.3 cm³/mol. The van der Waals surface area contributed by atoms with Crippen molar-refractivity contribution in [1.29, 1.82) is 0 Å².